The van der Waals surface area contributed by atoms with Crippen LogP contribution in [0.3, 0.4) is 0 Å². The van der Waals surface area contributed by atoms with Crippen LogP contribution >= 0.6 is 11.6 Å². The molecule has 1 fully saturated rings. The van der Waals surface area contributed by atoms with Gasteiger partial charge in [0.2, 0.25) is 0 Å². The van der Waals surface area contributed by atoms with Crippen LogP contribution < -0.4 is 10.1 Å². The molecule has 5 nitrogen and oxygen atoms in total. The predicted molar refractivity (Wildman–Crippen MR) is 64.6 cm³/mol. The minimum atomic E-state index is -0.478. The Kier molecular flexibility index (Phi) is 3.81. The van der Waals surface area contributed by atoms with Crippen molar-refractivity contribution in [1.82, 2.24) is 5.32 Å². The van der Waals surface area contributed by atoms with E-state index in [-0.39, 0.29) is 11.4 Å². The summed E-state index contributed by atoms with van der Waals surface area (Å²) < 4.78 is 5.50. The Balaban J connectivity index is 2.06. The summed E-state index contributed by atoms with van der Waals surface area (Å²) >= 11 is 5.72. The van der Waals surface area contributed by atoms with Gasteiger partial charge in [-0.25, -0.2) is 0 Å². The Labute approximate surface area is 104 Å². The normalized spacial score (nSPS) is 19.2. The van der Waals surface area contributed by atoms with E-state index in [1.807, 2.05) is 0 Å². The van der Waals surface area contributed by atoms with Crippen LogP contribution in [0.2, 0.25) is 5.02 Å². The zero-order valence-corrected chi connectivity index (χ0v) is 9.94. The number of nitrogens with zero attached hydrogens (tertiary/aromatic N) is 1. The smallest absolute Gasteiger partial charge is 0.312 e. The molecule has 1 aromatic carbocycles. The van der Waals surface area contributed by atoms with Gasteiger partial charge in [-0.05, 0) is 25.1 Å². The Morgan fingerprint density at radius 1 is 1.59 bits per heavy atom. The van der Waals surface area contributed by atoms with Crippen molar-refractivity contribution < 1.29 is 9.66 Å². The third-order valence-corrected chi connectivity index (χ3v) is 2.99. The summed E-state index contributed by atoms with van der Waals surface area (Å²) in [4.78, 5) is 10.3. The van der Waals surface area contributed by atoms with Crippen molar-refractivity contribution in [2.75, 3.05) is 19.7 Å². The maximum absolute atomic E-state index is 10.8. The Morgan fingerprint density at radius 3 is 3.06 bits per heavy atom. The second-order valence-electron chi connectivity index (χ2n) is 4.04. The monoisotopic (exact) mass is 256 g/mol. The van der Waals surface area contributed by atoms with Gasteiger partial charge in [-0.15, -0.1) is 0 Å². The van der Waals surface area contributed by atoms with Gasteiger partial charge in [0.15, 0.2) is 5.75 Å². The lowest BCUT2D eigenvalue weighted by Gasteiger charge is -2.10. The number of hydrogen-bond acceptors (Lipinski definition) is 4. The van der Waals surface area contributed by atoms with Crippen molar-refractivity contribution in [3.63, 3.8) is 0 Å². The van der Waals surface area contributed by atoms with E-state index in [1.165, 1.54) is 6.07 Å². The van der Waals surface area contributed by atoms with Crippen molar-refractivity contribution in [3.8, 4) is 5.75 Å². The molecular weight excluding hydrogens is 244 g/mol. The quantitative estimate of drug-likeness (QED) is 0.663. The number of ether oxygens (including phenoxy) is 1. The molecule has 0 amide bonds. The van der Waals surface area contributed by atoms with E-state index in [0.29, 0.717) is 17.5 Å². The molecule has 0 bridgehead atoms. The number of nitrogens with one attached hydrogen (secondary N) is 1. The van der Waals surface area contributed by atoms with Crippen LogP contribution in [-0.2, 0) is 0 Å². The molecule has 1 unspecified atom stereocenters. The van der Waals surface area contributed by atoms with Gasteiger partial charge < -0.3 is 10.1 Å². The number of halogens is 1. The van der Waals surface area contributed by atoms with Gasteiger partial charge in [0.05, 0.1) is 11.5 Å². The molecule has 1 aliphatic heterocycles. The summed E-state index contributed by atoms with van der Waals surface area (Å²) in [6.45, 7) is 2.38. The lowest BCUT2D eigenvalue weighted by molar-refractivity contribution is -0.385. The molecule has 1 aliphatic rings. The molecule has 0 spiro atoms. The first-order chi connectivity index (χ1) is 8.16. The van der Waals surface area contributed by atoms with Crippen molar-refractivity contribution in [2.45, 2.75) is 6.42 Å². The molecule has 1 aromatic rings. The molecule has 1 N–H and O–H groups in total. The summed E-state index contributed by atoms with van der Waals surface area (Å²) in [5, 5.41) is 14.4. The maximum atomic E-state index is 10.8. The Bertz CT molecular complexity index is 419. The molecule has 0 saturated carbocycles. The zero-order valence-electron chi connectivity index (χ0n) is 9.19. The predicted octanol–water partition coefficient (Wildman–Crippen LogP) is 2.24. The number of benzene rings is 1. The fraction of sp³-hybridized carbons (Fsp3) is 0.455. The summed E-state index contributed by atoms with van der Waals surface area (Å²) in [7, 11) is 0. The van der Waals surface area contributed by atoms with Gasteiger partial charge in [0, 0.05) is 23.6 Å². The lowest BCUT2D eigenvalue weighted by atomic mass is 10.1. The van der Waals surface area contributed by atoms with E-state index in [0.717, 1.165) is 19.5 Å². The van der Waals surface area contributed by atoms with E-state index in [2.05, 4.69) is 5.32 Å². The third-order valence-electron chi connectivity index (χ3n) is 2.75. The molecule has 92 valence electrons. The lowest BCUT2D eigenvalue weighted by Crippen LogP contribution is -2.15. The van der Waals surface area contributed by atoms with Crippen molar-refractivity contribution in [2.24, 2.45) is 5.92 Å². The van der Waals surface area contributed by atoms with E-state index in [4.69, 9.17) is 16.3 Å². The highest BCUT2D eigenvalue weighted by Gasteiger charge is 2.19. The van der Waals surface area contributed by atoms with Crippen LogP contribution in [0, 0.1) is 16.0 Å². The van der Waals surface area contributed by atoms with Gasteiger partial charge in [-0.1, -0.05) is 11.6 Å². The van der Waals surface area contributed by atoms with E-state index < -0.39 is 4.92 Å². The third kappa shape index (κ3) is 3.08. The Hall–Kier alpha value is -1.33. The van der Waals surface area contributed by atoms with Crippen LogP contribution in [-0.4, -0.2) is 24.6 Å². The summed E-state index contributed by atoms with van der Waals surface area (Å²) in [5.41, 5.74) is -0.0801. The molecule has 1 atom stereocenters. The maximum Gasteiger partial charge on any atom is 0.312 e. The van der Waals surface area contributed by atoms with Crippen LogP contribution in [0.4, 0.5) is 5.69 Å². The second kappa shape index (κ2) is 5.33. The van der Waals surface area contributed by atoms with E-state index >= 15 is 0 Å². The summed E-state index contributed by atoms with van der Waals surface area (Å²) in [6.07, 6.45) is 1.04. The van der Waals surface area contributed by atoms with Gasteiger partial charge in [0.1, 0.15) is 0 Å². The van der Waals surface area contributed by atoms with Gasteiger partial charge in [-0.2, -0.15) is 0 Å². The van der Waals surface area contributed by atoms with Crippen LogP contribution in [0.15, 0.2) is 18.2 Å². The molecule has 1 heterocycles. The standard InChI is InChI=1S/C11H13ClN2O3/c12-9-1-2-11(10(5-9)14(15)16)17-7-8-3-4-13-6-8/h1-2,5,8,13H,3-4,6-7H2. The van der Waals surface area contributed by atoms with Gasteiger partial charge in [0.25, 0.3) is 0 Å². The first-order valence-corrected chi connectivity index (χ1v) is 5.82. The molecule has 17 heavy (non-hydrogen) atoms. The van der Waals surface area contributed by atoms with Gasteiger partial charge >= 0.3 is 5.69 Å². The average Bonchev–Trinajstić information content (AvgIpc) is 2.80. The molecule has 0 aromatic heterocycles. The molecule has 1 saturated heterocycles. The van der Waals surface area contributed by atoms with Crippen LogP contribution in [0.5, 0.6) is 5.75 Å². The minimum Gasteiger partial charge on any atom is -0.486 e. The highest BCUT2D eigenvalue weighted by Crippen LogP contribution is 2.30. The summed E-state index contributed by atoms with van der Waals surface area (Å²) in [6, 6.07) is 4.45. The highest BCUT2D eigenvalue weighted by atomic mass is 35.5. The van der Waals surface area contributed by atoms with Crippen molar-refractivity contribution in [1.29, 1.82) is 0 Å². The number of rotatable bonds is 4. The molecule has 0 radical (unpaired) electrons. The number of nitro benzene ring substituents is 1. The Morgan fingerprint density at radius 2 is 2.41 bits per heavy atom. The van der Waals surface area contributed by atoms with E-state index in [1.54, 1.807) is 12.1 Å². The van der Waals surface area contributed by atoms with Crippen LogP contribution in [0.1, 0.15) is 6.42 Å². The number of nitro groups is 1. The average molecular weight is 257 g/mol. The first-order valence-electron chi connectivity index (χ1n) is 5.44. The second-order valence-corrected chi connectivity index (χ2v) is 4.48. The first kappa shape index (κ1) is 12.1. The highest BCUT2D eigenvalue weighted by molar-refractivity contribution is 6.30. The van der Waals surface area contributed by atoms with Crippen molar-refractivity contribution in [3.05, 3.63) is 33.3 Å². The molecule has 6 heteroatoms. The minimum absolute atomic E-state index is 0.0801. The van der Waals surface area contributed by atoms with E-state index in [9.17, 15) is 10.1 Å². The van der Waals surface area contributed by atoms with Crippen LogP contribution in [0.25, 0.3) is 0 Å². The van der Waals surface area contributed by atoms with Crippen molar-refractivity contribution >= 4 is 17.3 Å². The SMILES string of the molecule is O=[N+]([O-])c1cc(Cl)ccc1OCC1CCNC1. The zero-order chi connectivity index (χ0) is 12.3. The molecule has 0 aliphatic carbocycles. The summed E-state index contributed by atoms with van der Waals surface area (Å²) in [5.74, 6) is 0.705. The van der Waals surface area contributed by atoms with Gasteiger partial charge in [-0.3, -0.25) is 10.1 Å². The fourth-order valence-electron chi connectivity index (χ4n) is 1.82. The molecule has 2 rings (SSSR count). The number of hydrogen-bond donors (Lipinski definition) is 1. The fourth-order valence-corrected chi connectivity index (χ4v) is 1.99. The topological polar surface area (TPSA) is 64.4 Å². The largest absolute Gasteiger partial charge is 0.486 e. The molecular formula is C11H13ClN2O3.